The van der Waals surface area contributed by atoms with E-state index >= 15 is 0 Å². The third-order valence-electron chi connectivity index (χ3n) is 2.80. The largest absolute Gasteiger partial charge is 0.494 e. The van der Waals surface area contributed by atoms with Crippen molar-refractivity contribution in [3.05, 3.63) is 52.6 Å². The Hall–Kier alpha value is -2.80. The standard InChI is InChI=1S/C14H16N4O3/c1-2-21-11-6-3-5-10(9-11)16-12-7-4-8-13(17-15)14(12)18(19)20/h3-9,16-17H,2,15H2,1H3. The van der Waals surface area contributed by atoms with Crippen LogP contribution in [0, 0.1) is 10.1 Å². The maximum absolute atomic E-state index is 11.2. The van der Waals surface area contributed by atoms with E-state index in [2.05, 4.69) is 10.7 Å². The number of nitrogens with one attached hydrogen (secondary N) is 2. The molecule has 0 spiro atoms. The molecule has 0 fully saturated rings. The Morgan fingerprint density at radius 2 is 1.95 bits per heavy atom. The van der Waals surface area contributed by atoms with E-state index in [4.69, 9.17) is 10.6 Å². The Morgan fingerprint density at radius 3 is 2.62 bits per heavy atom. The SMILES string of the molecule is CCOc1cccc(Nc2cccc(NN)c2[N+](=O)[O-])c1. The molecular weight excluding hydrogens is 272 g/mol. The Kier molecular flexibility index (Phi) is 4.57. The van der Waals surface area contributed by atoms with Crippen molar-refractivity contribution in [3.8, 4) is 5.75 Å². The van der Waals surface area contributed by atoms with Crippen LogP contribution < -0.4 is 21.3 Å². The van der Waals surface area contributed by atoms with Crippen molar-refractivity contribution in [2.24, 2.45) is 5.84 Å². The second kappa shape index (κ2) is 6.58. The van der Waals surface area contributed by atoms with E-state index in [1.54, 1.807) is 30.3 Å². The highest BCUT2D eigenvalue weighted by atomic mass is 16.6. The van der Waals surface area contributed by atoms with Gasteiger partial charge in [-0.3, -0.25) is 16.0 Å². The number of benzene rings is 2. The van der Waals surface area contributed by atoms with Crippen molar-refractivity contribution in [2.45, 2.75) is 6.92 Å². The zero-order valence-corrected chi connectivity index (χ0v) is 11.5. The molecular formula is C14H16N4O3. The lowest BCUT2D eigenvalue weighted by Gasteiger charge is -2.11. The van der Waals surface area contributed by atoms with Gasteiger partial charge in [-0.15, -0.1) is 0 Å². The average Bonchev–Trinajstić information content (AvgIpc) is 2.47. The van der Waals surface area contributed by atoms with Crippen LogP contribution >= 0.6 is 0 Å². The number of nitro benzene ring substituents is 1. The van der Waals surface area contributed by atoms with Gasteiger partial charge in [0.1, 0.15) is 17.1 Å². The predicted molar refractivity (Wildman–Crippen MR) is 81.8 cm³/mol. The van der Waals surface area contributed by atoms with E-state index in [0.717, 1.165) is 0 Å². The van der Waals surface area contributed by atoms with E-state index in [-0.39, 0.29) is 11.4 Å². The van der Waals surface area contributed by atoms with Crippen molar-refractivity contribution in [1.82, 2.24) is 0 Å². The van der Waals surface area contributed by atoms with E-state index < -0.39 is 4.92 Å². The quantitative estimate of drug-likeness (QED) is 0.429. The van der Waals surface area contributed by atoms with Crippen LogP contribution in [0.25, 0.3) is 0 Å². The number of hydrogen-bond acceptors (Lipinski definition) is 6. The number of ether oxygens (including phenoxy) is 1. The van der Waals surface area contributed by atoms with Crippen LogP contribution in [-0.4, -0.2) is 11.5 Å². The molecule has 0 aliphatic rings. The third-order valence-corrected chi connectivity index (χ3v) is 2.80. The van der Waals surface area contributed by atoms with Gasteiger partial charge in [-0.2, -0.15) is 0 Å². The molecule has 0 saturated heterocycles. The fourth-order valence-corrected chi connectivity index (χ4v) is 1.94. The first-order valence-corrected chi connectivity index (χ1v) is 6.39. The van der Waals surface area contributed by atoms with Gasteiger partial charge >= 0.3 is 5.69 Å². The summed E-state index contributed by atoms with van der Waals surface area (Å²) in [7, 11) is 0. The number of anilines is 3. The molecule has 0 heterocycles. The van der Waals surface area contributed by atoms with E-state index in [1.165, 1.54) is 0 Å². The molecule has 0 atom stereocenters. The number of nitro groups is 1. The highest BCUT2D eigenvalue weighted by Gasteiger charge is 2.19. The molecule has 0 aliphatic heterocycles. The normalized spacial score (nSPS) is 10.0. The van der Waals surface area contributed by atoms with Gasteiger partial charge in [0.05, 0.1) is 11.5 Å². The summed E-state index contributed by atoms with van der Waals surface area (Å²) in [6.07, 6.45) is 0. The van der Waals surface area contributed by atoms with Crippen LogP contribution in [-0.2, 0) is 0 Å². The lowest BCUT2D eigenvalue weighted by Crippen LogP contribution is -2.10. The summed E-state index contributed by atoms with van der Waals surface area (Å²) in [5.74, 6) is 6.00. The first-order valence-electron chi connectivity index (χ1n) is 6.39. The molecule has 2 aromatic rings. The molecule has 0 saturated carbocycles. The van der Waals surface area contributed by atoms with Crippen molar-refractivity contribution in [3.63, 3.8) is 0 Å². The summed E-state index contributed by atoms with van der Waals surface area (Å²) in [5, 5.41) is 14.2. The maximum Gasteiger partial charge on any atom is 0.316 e. The van der Waals surface area contributed by atoms with Gasteiger partial charge in [-0.1, -0.05) is 12.1 Å². The molecule has 0 unspecified atom stereocenters. The van der Waals surface area contributed by atoms with Crippen molar-refractivity contribution in [1.29, 1.82) is 0 Å². The average molecular weight is 288 g/mol. The molecule has 2 aromatic carbocycles. The van der Waals surface area contributed by atoms with Crippen molar-refractivity contribution >= 4 is 22.7 Å². The third kappa shape index (κ3) is 3.40. The molecule has 4 N–H and O–H groups in total. The number of nitrogens with two attached hydrogens (primary N) is 1. The lowest BCUT2D eigenvalue weighted by atomic mass is 10.2. The smallest absolute Gasteiger partial charge is 0.316 e. The summed E-state index contributed by atoms with van der Waals surface area (Å²) >= 11 is 0. The van der Waals surface area contributed by atoms with E-state index in [0.29, 0.717) is 23.7 Å². The topological polar surface area (TPSA) is 102 Å². The second-order valence-corrected chi connectivity index (χ2v) is 4.19. The van der Waals surface area contributed by atoms with E-state index in [1.807, 2.05) is 19.1 Å². The maximum atomic E-state index is 11.2. The number of nitrogen functional groups attached to an aromatic ring is 1. The number of rotatable bonds is 6. The van der Waals surface area contributed by atoms with Gasteiger partial charge in [0.15, 0.2) is 0 Å². The molecule has 7 heteroatoms. The minimum atomic E-state index is -0.482. The summed E-state index contributed by atoms with van der Waals surface area (Å²) in [6.45, 7) is 2.44. The Morgan fingerprint density at radius 1 is 1.24 bits per heavy atom. The summed E-state index contributed by atoms with van der Waals surface area (Å²) in [5.41, 5.74) is 3.50. The summed E-state index contributed by atoms with van der Waals surface area (Å²) in [4.78, 5) is 10.7. The van der Waals surface area contributed by atoms with Gasteiger partial charge in [-0.05, 0) is 31.2 Å². The van der Waals surface area contributed by atoms with Crippen molar-refractivity contribution in [2.75, 3.05) is 17.3 Å². The zero-order valence-electron chi connectivity index (χ0n) is 11.5. The lowest BCUT2D eigenvalue weighted by molar-refractivity contribution is -0.383. The number of nitrogens with zero attached hydrogens (tertiary/aromatic N) is 1. The molecule has 7 nitrogen and oxygen atoms in total. The van der Waals surface area contributed by atoms with Crippen LogP contribution in [0.5, 0.6) is 5.75 Å². The fourth-order valence-electron chi connectivity index (χ4n) is 1.94. The molecule has 0 amide bonds. The molecule has 110 valence electrons. The van der Waals surface area contributed by atoms with Gasteiger partial charge < -0.3 is 15.5 Å². The zero-order chi connectivity index (χ0) is 15.2. The Bertz CT molecular complexity index is 646. The predicted octanol–water partition coefficient (Wildman–Crippen LogP) is 3.02. The first kappa shape index (κ1) is 14.6. The number of para-hydroxylation sites is 1. The molecule has 2 rings (SSSR count). The first-order chi connectivity index (χ1) is 10.2. The second-order valence-electron chi connectivity index (χ2n) is 4.19. The summed E-state index contributed by atoms with van der Waals surface area (Å²) < 4.78 is 5.40. The van der Waals surface area contributed by atoms with Crippen LogP contribution in [0.15, 0.2) is 42.5 Å². The van der Waals surface area contributed by atoms with Gasteiger partial charge in [0.25, 0.3) is 0 Å². The molecule has 0 aliphatic carbocycles. The fraction of sp³-hybridized carbons (Fsp3) is 0.143. The van der Waals surface area contributed by atoms with Crippen molar-refractivity contribution < 1.29 is 9.66 Å². The highest BCUT2D eigenvalue weighted by Crippen LogP contribution is 2.34. The van der Waals surface area contributed by atoms with Crippen LogP contribution in [0.3, 0.4) is 0 Å². The number of hydrogen-bond donors (Lipinski definition) is 3. The Labute approximate surface area is 121 Å². The molecule has 0 aromatic heterocycles. The molecule has 0 bridgehead atoms. The monoisotopic (exact) mass is 288 g/mol. The minimum absolute atomic E-state index is 0.109. The minimum Gasteiger partial charge on any atom is -0.494 e. The molecule has 0 radical (unpaired) electrons. The Balaban J connectivity index is 2.35. The van der Waals surface area contributed by atoms with Crippen LogP contribution in [0.4, 0.5) is 22.7 Å². The highest BCUT2D eigenvalue weighted by molar-refractivity contribution is 5.79. The van der Waals surface area contributed by atoms with Gasteiger partial charge in [0.2, 0.25) is 0 Å². The number of hydrazine groups is 1. The van der Waals surface area contributed by atoms with Gasteiger partial charge in [0, 0.05) is 11.8 Å². The van der Waals surface area contributed by atoms with Gasteiger partial charge in [-0.25, -0.2) is 0 Å². The van der Waals surface area contributed by atoms with Crippen LogP contribution in [0.2, 0.25) is 0 Å². The van der Waals surface area contributed by atoms with E-state index in [9.17, 15) is 10.1 Å². The molecule has 21 heavy (non-hydrogen) atoms. The van der Waals surface area contributed by atoms with Crippen LogP contribution in [0.1, 0.15) is 6.92 Å². The summed E-state index contributed by atoms with van der Waals surface area (Å²) in [6, 6.07) is 12.0.